The third kappa shape index (κ3) is 2.49. The maximum absolute atomic E-state index is 6.21. The van der Waals surface area contributed by atoms with E-state index < -0.39 is 0 Å². The number of ether oxygens (including phenoxy) is 2. The second-order valence-corrected chi connectivity index (χ2v) is 4.43. The normalized spacial score (nSPS) is 10.4. The fourth-order valence-electron chi connectivity index (χ4n) is 1.82. The summed E-state index contributed by atoms with van der Waals surface area (Å²) < 4.78 is 10.7. The van der Waals surface area contributed by atoms with E-state index >= 15 is 0 Å². The lowest BCUT2D eigenvalue weighted by molar-refractivity contribution is 0.397. The molecule has 0 spiro atoms. The molecule has 0 saturated heterocycles. The van der Waals surface area contributed by atoms with E-state index in [-0.39, 0.29) is 0 Å². The summed E-state index contributed by atoms with van der Waals surface area (Å²) in [6, 6.07) is 5.53. The highest BCUT2D eigenvalue weighted by molar-refractivity contribution is 6.32. The number of halogens is 1. The van der Waals surface area contributed by atoms with E-state index in [0.717, 1.165) is 11.4 Å². The minimum Gasteiger partial charge on any atom is -0.496 e. The predicted octanol–water partition coefficient (Wildman–Crippen LogP) is 3.43. The SMILES string of the molecule is COc1cccc(OC)c1-c1nc(C)c(C)nc1Cl. The highest BCUT2D eigenvalue weighted by Gasteiger charge is 2.18. The van der Waals surface area contributed by atoms with E-state index in [0.29, 0.717) is 27.9 Å². The summed E-state index contributed by atoms with van der Waals surface area (Å²) in [5.74, 6) is 1.30. The van der Waals surface area contributed by atoms with Crippen LogP contribution in [-0.4, -0.2) is 24.2 Å². The van der Waals surface area contributed by atoms with Crippen LogP contribution in [0.25, 0.3) is 11.3 Å². The number of rotatable bonds is 3. The van der Waals surface area contributed by atoms with Crippen LogP contribution in [0.1, 0.15) is 11.4 Å². The van der Waals surface area contributed by atoms with E-state index in [1.807, 2.05) is 32.0 Å². The van der Waals surface area contributed by atoms with Crippen molar-refractivity contribution in [2.75, 3.05) is 14.2 Å². The van der Waals surface area contributed by atoms with E-state index in [2.05, 4.69) is 9.97 Å². The van der Waals surface area contributed by atoms with Crippen molar-refractivity contribution >= 4 is 11.6 Å². The maximum atomic E-state index is 6.21. The van der Waals surface area contributed by atoms with E-state index in [1.165, 1.54) is 0 Å². The lowest BCUT2D eigenvalue weighted by Crippen LogP contribution is -2.00. The van der Waals surface area contributed by atoms with Crippen molar-refractivity contribution in [3.05, 3.63) is 34.7 Å². The Labute approximate surface area is 117 Å². The van der Waals surface area contributed by atoms with Crippen molar-refractivity contribution in [2.24, 2.45) is 0 Å². The lowest BCUT2D eigenvalue weighted by atomic mass is 10.1. The van der Waals surface area contributed by atoms with Gasteiger partial charge in [0.1, 0.15) is 17.2 Å². The van der Waals surface area contributed by atoms with Gasteiger partial charge in [-0.15, -0.1) is 0 Å². The first kappa shape index (κ1) is 13.6. The number of hydrogen-bond donors (Lipinski definition) is 0. The number of methoxy groups -OCH3 is 2. The van der Waals surface area contributed by atoms with Crippen molar-refractivity contribution < 1.29 is 9.47 Å². The molecule has 100 valence electrons. The van der Waals surface area contributed by atoms with Crippen LogP contribution < -0.4 is 9.47 Å². The van der Waals surface area contributed by atoms with Gasteiger partial charge in [-0.3, -0.25) is 0 Å². The number of hydrogen-bond acceptors (Lipinski definition) is 4. The largest absolute Gasteiger partial charge is 0.496 e. The van der Waals surface area contributed by atoms with E-state index in [4.69, 9.17) is 21.1 Å². The smallest absolute Gasteiger partial charge is 0.155 e. The molecule has 0 bridgehead atoms. The molecule has 0 fully saturated rings. The molecule has 0 aliphatic rings. The van der Waals surface area contributed by atoms with Crippen LogP contribution in [0.5, 0.6) is 11.5 Å². The first-order valence-electron chi connectivity index (χ1n) is 5.80. The summed E-state index contributed by atoms with van der Waals surface area (Å²) in [6.45, 7) is 3.77. The van der Waals surface area contributed by atoms with Crippen LogP contribution in [-0.2, 0) is 0 Å². The van der Waals surface area contributed by atoms with Crippen LogP contribution in [0.2, 0.25) is 5.15 Å². The molecule has 0 aliphatic heterocycles. The van der Waals surface area contributed by atoms with Crippen molar-refractivity contribution in [1.29, 1.82) is 0 Å². The van der Waals surface area contributed by atoms with Gasteiger partial charge in [0, 0.05) is 0 Å². The van der Waals surface area contributed by atoms with Gasteiger partial charge in [0.25, 0.3) is 0 Å². The minimum atomic E-state index is 0.339. The number of nitrogens with zero attached hydrogens (tertiary/aromatic N) is 2. The fourth-order valence-corrected chi connectivity index (χ4v) is 2.08. The molecule has 1 aromatic carbocycles. The van der Waals surface area contributed by atoms with Gasteiger partial charge in [-0.2, -0.15) is 0 Å². The highest BCUT2D eigenvalue weighted by Crippen LogP contribution is 2.39. The molecule has 0 unspecified atom stereocenters. The van der Waals surface area contributed by atoms with Crippen LogP contribution in [0, 0.1) is 13.8 Å². The highest BCUT2D eigenvalue weighted by atomic mass is 35.5. The monoisotopic (exact) mass is 278 g/mol. The molecule has 1 aromatic heterocycles. The van der Waals surface area contributed by atoms with Crippen molar-refractivity contribution in [1.82, 2.24) is 9.97 Å². The summed E-state index contributed by atoms with van der Waals surface area (Å²) in [4.78, 5) is 8.80. The Morgan fingerprint density at radius 2 is 1.47 bits per heavy atom. The summed E-state index contributed by atoms with van der Waals surface area (Å²) in [6.07, 6.45) is 0. The average molecular weight is 279 g/mol. The Balaban J connectivity index is 2.74. The zero-order valence-electron chi connectivity index (χ0n) is 11.3. The van der Waals surface area contributed by atoms with Gasteiger partial charge in [-0.05, 0) is 26.0 Å². The molecular weight excluding hydrogens is 264 g/mol. The first-order valence-corrected chi connectivity index (χ1v) is 6.18. The molecule has 1 heterocycles. The van der Waals surface area contributed by atoms with Crippen LogP contribution in [0.15, 0.2) is 18.2 Å². The third-order valence-electron chi connectivity index (χ3n) is 2.93. The second-order valence-electron chi connectivity index (χ2n) is 4.07. The molecule has 2 aromatic rings. The molecular formula is C14H15ClN2O2. The van der Waals surface area contributed by atoms with Gasteiger partial charge in [-0.25, -0.2) is 9.97 Å². The van der Waals surface area contributed by atoms with Crippen LogP contribution in [0.3, 0.4) is 0 Å². The van der Waals surface area contributed by atoms with Crippen molar-refractivity contribution in [3.63, 3.8) is 0 Å². The van der Waals surface area contributed by atoms with Crippen molar-refractivity contribution in [2.45, 2.75) is 13.8 Å². The number of benzene rings is 1. The summed E-state index contributed by atoms with van der Waals surface area (Å²) in [5, 5.41) is 0.339. The standard InChI is InChI=1S/C14H15ClN2O2/c1-8-9(2)17-14(15)13(16-8)12-10(18-3)6-5-7-11(12)19-4/h5-7H,1-4H3. The Morgan fingerprint density at radius 3 is 2.00 bits per heavy atom. The van der Waals surface area contributed by atoms with Crippen molar-refractivity contribution in [3.8, 4) is 22.8 Å². The molecule has 5 heteroatoms. The molecule has 0 aliphatic carbocycles. The molecule has 19 heavy (non-hydrogen) atoms. The average Bonchev–Trinajstić information content (AvgIpc) is 2.42. The molecule has 2 rings (SSSR count). The topological polar surface area (TPSA) is 44.2 Å². The van der Waals surface area contributed by atoms with E-state index in [1.54, 1.807) is 14.2 Å². The lowest BCUT2D eigenvalue weighted by Gasteiger charge is -2.14. The predicted molar refractivity (Wildman–Crippen MR) is 75.1 cm³/mol. The molecule has 0 radical (unpaired) electrons. The van der Waals surface area contributed by atoms with Gasteiger partial charge in [0.05, 0.1) is 31.2 Å². The van der Waals surface area contributed by atoms with Gasteiger partial charge < -0.3 is 9.47 Å². The molecule has 0 N–H and O–H groups in total. The number of aromatic nitrogens is 2. The zero-order valence-corrected chi connectivity index (χ0v) is 12.1. The van der Waals surface area contributed by atoms with Crippen LogP contribution >= 0.6 is 11.6 Å². The molecule has 0 atom stereocenters. The number of aryl methyl sites for hydroxylation is 2. The molecule has 4 nitrogen and oxygen atoms in total. The Bertz CT molecular complexity index is 592. The summed E-state index contributed by atoms with van der Waals surface area (Å²) in [7, 11) is 3.20. The third-order valence-corrected chi connectivity index (χ3v) is 3.19. The van der Waals surface area contributed by atoms with Crippen LogP contribution in [0.4, 0.5) is 0 Å². The van der Waals surface area contributed by atoms with Gasteiger partial charge in [0.15, 0.2) is 5.15 Å². The molecule has 0 amide bonds. The summed E-state index contributed by atoms with van der Waals surface area (Å²) in [5.41, 5.74) is 2.92. The Morgan fingerprint density at radius 1 is 0.947 bits per heavy atom. The zero-order chi connectivity index (χ0) is 14.0. The van der Waals surface area contributed by atoms with Gasteiger partial charge in [0.2, 0.25) is 0 Å². The molecule has 0 saturated carbocycles. The quantitative estimate of drug-likeness (QED) is 0.863. The second kappa shape index (κ2) is 5.45. The Kier molecular flexibility index (Phi) is 3.90. The van der Waals surface area contributed by atoms with E-state index in [9.17, 15) is 0 Å². The maximum Gasteiger partial charge on any atom is 0.155 e. The van der Waals surface area contributed by atoms with Gasteiger partial charge in [-0.1, -0.05) is 17.7 Å². The van der Waals surface area contributed by atoms with Gasteiger partial charge >= 0.3 is 0 Å². The Hall–Kier alpha value is -1.81. The minimum absolute atomic E-state index is 0.339. The fraction of sp³-hybridized carbons (Fsp3) is 0.286. The summed E-state index contributed by atoms with van der Waals surface area (Å²) >= 11 is 6.21. The first-order chi connectivity index (χ1) is 9.08.